The first-order valence-electron chi connectivity index (χ1n) is 8.31. The van der Waals surface area contributed by atoms with Gasteiger partial charge in [0, 0.05) is 0 Å². The van der Waals surface area contributed by atoms with Crippen LogP contribution < -0.4 is 0 Å². The molecule has 0 spiro atoms. The Labute approximate surface area is 121 Å². The molecule has 0 bridgehead atoms. The van der Waals surface area contributed by atoms with Crippen molar-refractivity contribution >= 4 is 0 Å². The van der Waals surface area contributed by atoms with E-state index in [1.165, 1.54) is 32.1 Å². The van der Waals surface area contributed by atoms with E-state index in [0.29, 0.717) is 5.92 Å². The first kappa shape index (κ1) is 16.5. The van der Waals surface area contributed by atoms with E-state index in [4.69, 9.17) is 0 Å². The maximum atomic E-state index is 4.06. The van der Waals surface area contributed by atoms with Gasteiger partial charge in [-0.1, -0.05) is 65.5 Å². The Hall–Kier alpha value is -0.520. The molecule has 0 radical (unpaired) electrons. The second kappa shape index (κ2) is 7.92. The van der Waals surface area contributed by atoms with Crippen molar-refractivity contribution in [1.29, 1.82) is 0 Å². The van der Waals surface area contributed by atoms with Crippen LogP contribution in [0.1, 0.15) is 59.8 Å². The summed E-state index contributed by atoms with van der Waals surface area (Å²) in [4.78, 5) is 0. The minimum atomic E-state index is 0.651. The highest BCUT2D eigenvalue weighted by Gasteiger charge is 2.51. The molecule has 0 aromatic heterocycles. The summed E-state index contributed by atoms with van der Waals surface area (Å²) in [6.07, 6.45) is 11.2. The van der Waals surface area contributed by atoms with Gasteiger partial charge in [0.05, 0.1) is 0 Å². The van der Waals surface area contributed by atoms with Crippen LogP contribution in [-0.2, 0) is 0 Å². The summed E-state index contributed by atoms with van der Waals surface area (Å²) in [5.74, 6) is 4.90. The van der Waals surface area contributed by atoms with Crippen molar-refractivity contribution in [2.75, 3.05) is 0 Å². The summed E-state index contributed by atoms with van der Waals surface area (Å²) in [7, 11) is 0. The Balaban J connectivity index is 2.42. The first-order valence-corrected chi connectivity index (χ1v) is 8.31. The molecule has 110 valence electrons. The second-order valence-electron chi connectivity index (χ2n) is 6.90. The van der Waals surface area contributed by atoms with Crippen LogP contribution in [0, 0.1) is 35.5 Å². The van der Waals surface area contributed by atoms with Crippen LogP contribution in [0.15, 0.2) is 25.3 Å². The van der Waals surface area contributed by atoms with E-state index in [9.17, 15) is 0 Å². The maximum absolute atomic E-state index is 4.06. The van der Waals surface area contributed by atoms with E-state index in [2.05, 4.69) is 53.0 Å². The highest BCUT2D eigenvalue weighted by atomic mass is 14.6. The SMILES string of the molecule is C=CC(C)C(CC)C1C(C=C)C1CCCCC(C)C. The topological polar surface area (TPSA) is 0 Å². The molecule has 0 heteroatoms. The van der Waals surface area contributed by atoms with Gasteiger partial charge >= 0.3 is 0 Å². The third-order valence-corrected chi connectivity index (χ3v) is 5.15. The van der Waals surface area contributed by atoms with Crippen molar-refractivity contribution in [3.8, 4) is 0 Å². The molecule has 5 atom stereocenters. The lowest BCUT2D eigenvalue weighted by Gasteiger charge is -2.20. The highest BCUT2D eigenvalue weighted by Crippen LogP contribution is 2.57. The lowest BCUT2D eigenvalue weighted by Crippen LogP contribution is -2.12. The molecular formula is C19H34. The molecule has 5 unspecified atom stereocenters. The van der Waals surface area contributed by atoms with Crippen LogP contribution >= 0.6 is 0 Å². The van der Waals surface area contributed by atoms with Gasteiger partial charge in [-0.05, 0) is 41.9 Å². The predicted octanol–water partition coefficient (Wildman–Crippen LogP) is 6.10. The zero-order chi connectivity index (χ0) is 14.4. The molecule has 0 aliphatic heterocycles. The minimum absolute atomic E-state index is 0.651. The molecule has 19 heavy (non-hydrogen) atoms. The number of hydrogen-bond donors (Lipinski definition) is 0. The number of rotatable bonds is 10. The van der Waals surface area contributed by atoms with E-state index in [1.54, 1.807) is 0 Å². The fourth-order valence-electron chi connectivity index (χ4n) is 3.85. The van der Waals surface area contributed by atoms with Gasteiger partial charge in [0.2, 0.25) is 0 Å². The van der Waals surface area contributed by atoms with Gasteiger partial charge in [-0.25, -0.2) is 0 Å². The van der Waals surface area contributed by atoms with Crippen LogP contribution in [0.4, 0.5) is 0 Å². The lowest BCUT2D eigenvalue weighted by molar-refractivity contribution is 0.331. The third kappa shape index (κ3) is 4.51. The summed E-state index contributed by atoms with van der Waals surface area (Å²) in [5.41, 5.74) is 0. The average molecular weight is 262 g/mol. The second-order valence-corrected chi connectivity index (χ2v) is 6.90. The molecule has 0 heterocycles. The van der Waals surface area contributed by atoms with Crippen molar-refractivity contribution in [2.45, 2.75) is 59.8 Å². The number of hydrogen-bond acceptors (Lipinski definition) is 0. The minimum Gasteiger partial charge on any atom is -0.103 e. The van der Waals surface area contributed by atoms with Gasteiger partial charge in [-0.15, -0.1) is 13.2 Å². The molecule has 1 saturated carbocycles. The largest absolute Gasteiger partial charge is 0.103 e. The summed E-state index contributed by atoms with van der Waals surface area (Å²) in [5, 5.41) is 0. The van der Waals surface area contributed by atoms with Gasteiger partial charge in [0.15, 0.2) is 0 Å². The van der Waals surface area contributed by atoms with Crippen LogP contribution in [0.5, 0.6) is 0 Å². The van der Waals surface area contributed by atoms with Crippen molar-refractivity contribution in [1.82, 2.24) is 0 Å². The quantitative estimate of drug-likeness (QED) is 0.329. The standard InChI is InChI=1S/C19H34/c1-7-15(6)16(8-2)19-17(9-3)18(19)13-11-10-12-14(4)5/h7,9,14-19H,1,3,8,10-13H2,2,4-6H3. The van der Waals surface area contributed by atoms with E-state index < -0.39 is 0 Å². The van der Waals surface area contributed by atoms with E-state index in [-0.39, 0.29) is 0 Å². The fourth-order valence-corrected chi connectivity index (χ4v) is 3.85. The van der Waals surface area contributed by atoms with Crippen LogP contribution in [0.2, 0.25) is 0 Å². The Morgan fingerprint density at radius 2 is 1.79 bits per heavy atom. The highest BCUT2D eigenvalue weighted by molar-refractivity contribution is 5.09. The normalized spacial score (nSPS) is 29.0. The Morgan fingerprint density at radius 3 is 2.26 bits per heavy atom. The average Bonchev–Trinajstić information content (AvgIpc) is 3.08. The summed E-state index contributed by atoms with van der Waals surface area (Å²) < 4.78 is 0. The fraction of sp³-hybridized carbons (Fsp3) is 0.789. The number of allylic oxidation sites excluding steroid dienone is 2. The van der Waals surface area contributed by atoms with Gasteiger partial charge in [0.1, 0.15) is 0 Å². The smallest absolute Gasteiger partial charge is 0.0171 e. The molecule has 0 saturated heterocycles. The predicted molar refractivity (Wildman–Crippen MR) is 87.1 cm³/mol. The van der Waals surface area contributed by atoms with Gasteiger partial charge < -0.3 is 0 Å². The van der Waals surface area contributed by atoms with Crippen molar-refractivity contribution in [3.63, 3.8) is 0 Å². The van der Waals surface area contributed by atoms with Gasteiger partial charge in [-0.2, -0.15) is 0 Å². The van der Waals surface area contributed by atoms with Crippen LogP contribution in [0.3, 0.4) is 0 Å². The molecule has 0 amide bonds. The van der Waals surface area contributed by atoms with Crippen molar-refractivity contribution in [2.24, 2.45) is 35.5 Å². The van der Waals surface area contributed by atoms with Gasteiger partial charge in [-0.3, -0.25) is 0 Å². The third-order valence-electron chi connectivity index (χ3n) is 5.15. The molecule has 1 rings (SSSR count). The molecule has 0 aromatic rings. The molecule has 0 nitrogen and oxygen atoms in total. The van der Waals surface area contributed by atoms with Crippen molar-refractivity contribution in [3.05, 3.63) is 25.3 Å². The van der Waals surface area contributed by atoms with E-state index >= 15 is 0 Å². The summed E-state index contributed by atoms with van der Waals surface area (Å²) in [6, 6.07) is 0. The molecule has 1 aliphatic carbocycles. The Kier molecular flexibility index (Phi) is 6.89. The first-order chi connectivity index (χ1) is 9.06. The maximum Gasteiger partial charge on any atom is -0.0171 e. The van der Waals surface area contributed by atoms with Crippen LogP contribution in [0.25, 0.3) is 0 Å². The van der Waals surface area contributed by atoms with Crippen LogP contribution in [-0.4, -0.2) is 0 Å². The molecule has 0 aromatic carbocycles. The molecular weight excluding hydrogens is 228 g/mol. The monoisotopic (exact) mass is 262 g/mol. The van der Waals surface area contributed by atoms with E-state index in [1.807, 2.05) is 0 Å². The summed E-state index contributed by atoms with van der Waals surface area (Å²) in [6.45, 7) is 17.4. The molecule has 1 fully saturated rings. The van der Waals surface area contributed by atoms with E-state index in [0.717, 1.165) is 29.6 Å². The number of unbranched alkanes of at least 4 members (excludes halogenated alkanes) is 1. The lowest BCUT2D eigenvalue weighted by atomic mass is 9.85. The summed E-state index contributed by atoms with van der Waals surface area (Å²) >= 11 is 0. The Bertz CT molecular complexity index is 276. The zero-order valence-electron chi connectivity index (χ0n) is 13.6. The molecule has 1 aliphatic rings. The molecule has 0 N–H and O–H groups in total. The Morgan fingerprint density at radius 1 is 1.11 bits per heavy atom. The van der Waals surface area contributed by atoms with Crippen molar-refractivity contribution < 1.29 is 0 Å². The zero-order valence-corrected chi connectivity index (χ0v) is 13.6. The van der Waals surface area contributed by atoms with Gasteiger partial charge in [0.25, 0.3) is 0 Å².